The molecule has 1 rings (SSSR count). The first-order chi connectivity index (χ1) is 4.86. The average Bonchev–Trinajstić information content (AvgIpc) is 2.05. The Hall–Kier alpha value is -0.260. The molecule has 0 unspecified atom stereocenters. The van der Waals surface area contributed by atoms with Gasteiger partial charge in [-0.3, -0.25) is 0 Å². The predicted octanol–water partition coefficient (Wildman–Crippen LogP) is 1.70. The van der Waals surface area contributed by atoms with E-state index in [4.69, 9.17) is 11.0 Å². The highest BCUT2D eigenvalue weighted by Crippen LogP contribution is 2.27. The topological polar surface area (TPSA) is 49.8 Å². The van der Waals surface area contributed by atoms with E-state index in [0.29, 0.717) is 11.8 Å². The van der Waals surface area contributed by atoms with Crippen LogP contribution < -0.4 is 5.73 Å². The second-order valence-corrected chi connectivity index (χ2v) is 3.08. The van der Waals surface area contributed by atoms with Crippen molar-refractivity contribution < 1.29 is 0 Å². The van der Waals surface area contributed by atoms with Crippen LogP contribution in [0.5, 0.6) is 0 Å². The first-order valence-corrected chi connectivity index (χ1v) is 3.96. The van der Waals surface area contributed by atoms with Gasteiger partial charge in [0, 0.05) is 5.92 Å². The normalized spacial score (nSPS) is 30.2. The highest BCUT2D eigenvalue weighted by atomic mass is 35.5. The number of hydrogen-bond donors (Lipinski definition) is 1. The van der Waals surface area contributed by atoms with Gasteiger partial charge in [0.05, 0.1) is 6.07 Å². The number of rotatable bonds is 1. The lowest BCUT2D eigenvalue weighted by Crippen LogP contribution is -2.20. The first-order valence-electron chi connectivity index (χ1n) is 3.96. The molecule has 1 aliphatic carbocycles. The second kappa shape index (κ2) is 5.40. The van der Waals surface area contributed by atoms with Crippen molar-refractivity contribution in [2.45, 2.75) is 25.7 Å². The van der Waals surface area contributed by atoms with E-state index in [1.807, 2.05) is 0 Å². The molecule has 0 aromatic heterocycles. The Morgan fingerprint density at radius 1 is 1.27 bits per heavy atom. The number of nitriles is 1. The zero-order valence-corrected chi connectivity index (χ0v) is 7.44. The summed E-state index contributed by atoms with van der Waals surface area (Å²) in [6, 6.07) is 2.31. The monoisotopic (exact) mass is 174 g/mol. The molecule has 0 spiro atoms. The van der Waals surface area contributed by atoms with Gasteiger partial charge in [-0.25, -0.2) is 0 Å². The molecule has 0 bridgehead atoms. The third-order valence-electron chi connectivity index (χ3n) is 2.36. The van der Waals surface area contributed by atoms with Crippen molar-refractivity contribution in [2.24, 2.45) is 17.6 Å². The summed E-state index contributed by atoms with van der Waals surface area (Å²) in [6.45, 7) is 0.804. The van der Waals surface area contributed by atoms with E-state index >= 15 is 0 Å². The molecule has 0 atom stereocenters. The molecule has 1 aliphatic rings. The van der Waals surface area contributed by atoms with Crippen LogP contribution in [0.2, 0.25) is 0 Å². The van der Waals surface area contributed by atoms with E-state index in [0.717, 1.165) is 32.2 Å². The molecule has 0 heterocycles. The zero-order chi connectivity index (χ0) is 7.40. The average molecular weight is 175 g/mol. The maximum Gasteiger partial charge on any atom is 0.0655 e. The summed E-state index contributed by atoms with van der Waals surface area (Å²) in [7, 11) is 0. The van der Waals surface area contributed by atoms with Gasteiger partial charge in [-0.15, -0.1) is 12.4 Å². The Morgan fingerprint density at radius 3 is 2.18 bits per heavy atom. The number of nitrogens with two attached hydrogens (primary N) is 1. The van der Waals surface area contributed by atoms with Gasteiger partial charge in [-0.05, 0) is 38.1 Å². The van der Waals surface area contributed by atoms with Crippen LogP contribution in [-0.2, 0) is 0 Å². The molecule has 0 aliphatic heterocycles. The Morgan fingerprint density at radius 2 is 1.82 bits per heavy atom. The van der Waals surface area contributed by atoms with Gasteiger partial charge in [-0.2, -0.15) is 5.26 Å². The Labute approximate surface area is 74.2 Å². The van der Waals surface area contributed by atoms with Crippen LogP contribution in [0.1, 0.15) is 25.7 Å². The van der Waals surface area contributed by atoms with Gasteiger partial charge < -0.3 is 5.73 Å². The van der Waals surface area contributed by atoms with E-state index < -0.39 is 0 Å². The summed E-state index contributed by atoms with van der Waals surface area (Å²) in [5.74, 6) is 1.02. The van der Waals surface area contributed by atoms with Gasteiger partial charge in [0.1, 0.15) is 0 Å². The Kier molecular flexibility index (Phi) is 5.27. The van der Waals surface area contributed by atoms with Crippen molar-refractivity contribution in [3.63, 3.8) is 0 Å². The fraction of sp³-hybridized carbons (Fsp3) is 0.875. The summed E-state index contributed by atoms with van der Waals surface area (Å²) in [6.07, 6.45) is 4.46. The van der Waals surface area contributed by atoms with Crippen LogP contribution >= 0.6 is 12.4 Å². The molecule has 1 fully saturated rings. The molecule has 1 saturated carbocycles. The quantitative estimate of drug-likeness (QED) is 0.658. The van der Waals surface area contributed by atoms with Gasteiger partial charge in [0.25, 0.3) is 0 Å². The van der Waals surface area contributed by atoms with E-state index in [9.17, 15) is 0 Å². The molecule has 0 radical (unpaired) electrons. The van der Waals surface area contributed by atoms with Crippen molar-refractivity contribution in [1.82, 2.24) is 0 Å². The van der Waals surface area contributed by atoms with Crippen LogP contribution in [-0.4, -0.2) is 6.54 Å². The van der Waals surface area contributed by atoms with Gasteiger partial charge in [0.15, 0.2) is 0 Å². The lowest BCUT2D eigenvalue weighted by atomic mass is 9.83. The number of nitrogens with zero attached hydrogens (tertiary/aromatic N) is 1. The highest BCUT2D eigenvalue weighted by Gasteiger charge is 2.18. The van der Waals surface area contributed by atoms with Crippen LogP contribution in [0.3, 0.4) is 0 Å². The van der Waals surface area contributed by atoms with Gasteiger partial charge >= 0.3 is 0 Å². The van der Waals surface area contributed by atoms with Crippen LogP contribution in [0.4, 0.5) is 0 Å². The largest absolute Gasteiger partial charge is 0.330 e. The standard InChI is InChI=1S/C8H14N2.ClH/c9-5-7-1-2-8(6-10)4-3-7;/h7-8H,1-5,9H2;1H. The number of halogens is 1. The van der Waals surface area contributed by atoms with E-state index in [1.165, 1.54) is 0 Å². The predicted molar refractivity (Wildman–Crippen MR) is 47.4 cm³/mol. The molecule has 0 saturated heterocycles. The van der Waals surface area contributed by atoms with Crippen molar-refractivity contribution >= 4 is 12.4 Å². The molecular formula is C8H15ClN2. The SMILES string of the molecule is Cl.N#CC1CCC(CN)CC1. The fourth-order valence-electron chi connectivity index (χ4n) is 1.53. The van der Waals surface area contributed by atoms with Gasteiger partial charge in [0.2, 0.25) is 0 Å². The smallest absolute Gasteiger partial charge is 0.0655 e. The summed E-state index contributed by atoms with van der Waals surface area (Å²) in [5.41, 5.74) is 5.51. The Bertz CT molecular complexity index is 134. The summed E-state index contributed by atoms with van der Waals surface area (Å²) >= 11 is 0. The van der Waals surface area contributed by atoms with Gasteiger partial charge in [-0.1, -0.05) is 0 Å². The summed E-state index contributed by atoms with van der Waals surface area (Å²) in [5, 5.41) is 8.57. The molecule has 2 nitrogen and oxygen atoms in total. The molecule has 3 heteroatoms. The molecular weight excluding hydrogens is 160 g/mol. The third kappa shape index (κ3) is 3.09. The molecule has 0 amide bonds. The molecule has 11 heavy (non-hydrogen) atoms. The lowest BCUT2D eigenvalue weighted by Gasteiger charge is -2.22. The molecule has 2 N–H and O–H groups in total. The first kappa shape index (κ1) is 10.7. The summed E-state index contributed by atoms with van der Waals surface area (Å²) < 4.78 is 0. The van der Waals surface area contributed by atoms with E-state index in [2.05, 4.69) is 6.07 Å². The Balaban J connectivity index is 0.000001000. The van der Waals surface area contributed by atoms with Crippen molar-refractivity contribution in [3.8, 4) is 6.07 Å². The highest BCUT2D eigenvalue weighted by molar-refractivity contribution is 5.85. The molecule has 0 aromatic rings. The minimum Gasteiger partial charge on any atom is -0.330 e. The van der Waals surface area contributed by atoms with Crippen molar-refractivity contribution in [3.05, 3.63) is 0 Å². The molecule has 64 valence electrons. The number of hydrogen-bond acceptors (Lipinski definition) is 2. The second-order valence-electron chi connectivity index (χ2n) is 3.08. The zero-order valence-electron chi connectivity index (χ0n) is 6.62. The fourth-order valence-corrected chi connectivity index (χ4v) is 1.53. The third-order valence-corrected chi connectivity index (χ3v) is 2.36. The van der Waals surface area contributed by atoms with E-state index in [1.54, 1.807) is 0 Å². The minimum atomic E-state index is 0. The maximum atomic E-state index is 8.57. The maximum absolute atomic E-state index is 8.57. The van der Waals surface area contributed by atoms with Crippen molar-refractivity contribution in [2.75, 3.05) is 6.54 Å². The van der Waals surface area contributed by atoms with Crippen LogP contribution in [0, 0.1) is 23.2 Å². The van der Waals surface area contributed by atoms with Crippen LogP contribution in [0.25, 0.3) is 0 Å². The lowest BCUT2D eigenvalue weighted by molar-refractivity contribution is 0.321. The van der Waals surface area contributed by atoms with Crippen molar-refractivity contribution in [1.29, 1.82) is 5.26 Å². The molecule has 0 aromatic carbocycles. The van der Waals surface area contributed by atoms with Crippen LogP contribution in [0.15, 0.2) is 0 Å². The van der Waals surface area contributed by atoms with E-state index in [-0.39, 0.29) is 12.4 Å². The summed E-state index contributed by atoms with van der Waals surface area (Å²) in [4.78, 5) is 0. The minimum absolute atomic E-state index is 0.